The van der Waals surface area contributed by atoms with Crippen molar-refractivity contribution in [1.29, 1.82) is 0 Å². The average molecular weight is 270 g/mol. The second kappa shape index (κ2) is 8.30. The van der Waals surface area contributed by atoms with E-state index in [-0.39, 0.29) is 0 Å². The van der Waals surface area contributed by atoms with E-state index < -0.39 is 11.7 Å². The quantitative estimate of drug-likeness (QED) is 0.402. The van der Waals surface area contributed by atoms with E-state index >= 15 is 0 Å². The molecule has 4 nitrogen and oxygen atoms in total. The van der Waals surface area contributed by atoms with Gasteiger partial charge in [-0.3, -0.25) is 0 Å². The molecule has 0 atom stereocenters. The summed E-state index contributed by atoms with van der Waals surface area (Å²) in [5, 5.41) is 1.55. The molecule has 0 saturated heterocycles. The molecule has 0 aromatic carbocycles. The molecule has 0 aliphatic carbocycles. The zero-order valence-corrected chi connectivity index (χ0v) is 11.5. The van der Waals surface area contributed by atoms with E-state index in [1.165, 1.54) is 24.6 Å². The van der Waals surface area contributed by atoms with Crippen molar-refractivity contribution in [3.05, 3.63) is 11.5 Å². The first-order valence-electron chi connectivity index (χ1n) is 4.40. The highest BCUT2D eigenvalue weighted by Gasteiger charge is 2.16. The lowest BCUT2D eigenvalue weighted by atomic mass is 10.7. The summed E-state index contributed by atoms with van der Waals surface area (Å²) in [5.41, 5.74) is -2.33. The molecule has 0 aromatic rings. The summed E-state index contributed by atoms with van der Waals surface area (Å²) in [7, 11) is 1.32. The molecule has 0 heterocycles. The van der Waals surface area contributed by atoms with Crippen LogP contribution in [0, 0.1) is 0 Å². The van der Waals surface area contributed by atoms with Gasteiger partial charge in [0.25, 0.3) is 5.69 Å². The largest absolute Gasteiger partial charge is 0.466 e. The second-order valence-corrected chi connectivity index (χ2v) is 8.32. The van der Waals surface area contributed by atoms with Gasteiger partial charge in [-0.15, -0.1) is 0 Å². The van der Waals surface area contributed by atoms with Gasteiger partial charge in [-0.25, -0.2) is 4.79 Å². The number of hydrogen-bond donors (Lipinski definition) is 0. The maximum Gasteiger partial charge on any atom is 0.331 e. The predicted molar refractivity (Wildman–Crippen MR) is 66.3 cm³/mol. The molecule has 0 fully saturated rings. The van der Waals surface area contributed by atoms with Crippen LogP contribution >= 0.6 is 17.1 Å². The zero-order chi connectivity index (χ0) is 11.7. The fourth-order valence-corrected chi connectivity index (χ4v) is 4.50. The van der Waals surface area contributed by atoms with Crippen LogP contribution in [0.5, 0.6) is 0 Å². The first kappa shape index (κ1) is 15.1. The number of carbonyl (C=O) groups excluding carboxylic acids is 1. The molecule has 0 aromatic heterocycles. The minimum Gasteiger partial charge on any atom is -0.466 e. The highest BCUT2D eigenvalue weighted by molar-refractivity contribution is 8.69. The van der Waals surface area contributed by atoms with E-state index in [0.717, 1.165) is 0 Å². The lowest BCUT2D eigenvalue weighted by Crippen LogP contribution is -1.93. The van der Waals surface area contributed by atoms with E-state index in [1.807, 2.05) is 13.8 Å². The Morgan fingerprint density at radius 1 is 1.40 bits per heavy atom. The van der Waals surface area contributed by atoms with Crippen LogP contribution in [0.1, 0.15) is 13.8 Å². The molecule has 0 unspecified atom stereocenters. The average Bonchev–Trinajstić information content (AvgIpc) is 2.18. The van der Waals surface area contributed by atoms with Crippen LogP contribution in [0.15, 0.2) is 11.5 Å². The molecule has 0 saturated carbocycles. The molecule has 15 heavy (non-hydrogen) atoms. The third-order valence-corrected chi connectivity index (χ3v) is 6.01. The SMILES string of the molecule is CCOP(=S)(OCC)SC=CC(=O)OC. The van der Waals surface area contributed by atoms with Gasteiger partial charge in [0.2, 0.25) is 0 Å². The lowest BCUT2D eigenvalue weighted by Gasteiger charge is -2.17. The minimum absolute atomic E-state index is 0.419. The summed E-state index contributed by atoms with van der Waals surface area (Å²) in [6.07, 6.45) is 1.30. The molecular formula is C8H15O4PS2. The predicted octanol–water partition coefficient (Wildman–Crippen LogP) is 2.70. The highest BCUT2D eigenvalue weighted by atomic mass is 32.9. The summed E-state index contributed by atoms with van der Waals surface area (Å²) in [6.45, 7) is 4.70. The topological polar surface area (TPSA) is 44.8 Å². The van der Waals surface area contributed by atoms with Crippen molar-refractivity contribution < 1.29 is 18.6 Å². The van der Waals surface area contributed by atoms with Gasteiger partial charge in [-0.05, 0) is 42.4 Å². The molecule has 0 aliphatic heterocycles. The lowest BCUT2D eigenvalue weighted by molar-refractivity contribution is -0.134. The molecule has 0 bridgehead atoms. The summed E-state index contributed by atoms with van der Waals surface area (Å²) < 4.78 is 15.1. The normalized spacial score (nSPS) is 11.9. The Kier molecular flexibility index (Phi) is 8.37. The third-order valence-electron chi connectivity index (χ3n) is 1.17. The number of ether oxygens (including phenoxy) is 1. The molecule has 0 radical (unpaired) electrons. The molecule has 7 heteroatoms. The van der Waals surface area contributed by atoms with Crippen LogP contribution in [0.2, 0.25) is 0 Å². The Labute approximate surface area is 99.3 Å². The number of carbonyl (C=O) groups is 1. The Morgan fingerprint density at radius 3 is 2.33 bits per heavy atom. The number of esters is 1. The highest BCUT2D eigenvalue weighted by Crippen LogP contribution is 2.61. The Hall–Kier alpha value is 0.130. The maximum absolute atomic E-state index is 10.8. The minimum atomic E-state index is -2.33. The van der Waals surface area contributed by atoms with Gasteiger partial charge in [0.1, 0.15) is 0 Å². The number of hydrogen-bond acceptors (Lipinski definition) is 6. The monoisotopic (exact) mass is 270 g/mol. The maximum atomic E-state index is 10.8. The zero-order valence-electron chi connectivity index (χ0n) is 8.97. The summed E-state index contributed by atoms with van der Waals surface area (Å²) in [5.74, 6) is -0.419. The van der Waals surface area contributed by atoms with Crippen molar-refractivity contribution in [2.24, 2.45) is 0 Å². The Balaban J connectivity index is 4.23. The van der Waals surface area contributed by atoms with E-state index in [0.29, 0.717) is 13.2 Å². The van der Waals surface area contributed by atoms with Crippen LogP contribution in [-0.4, -0.2) is 26.3 Å². The van der Waals surface area contributed by atoms with Crippen molar-refractivity contribution in [2.75, 3.05) is 20.3 Å². The molecule has 0 amide bonds. The van der Waals surface area contributed by atoms with E-state index in [1.54, 1.807) is 5.41 Å². The van der Waals surface area contributed by atoms with E-state index in [9.17, 15) is 4.79 Å². The molecule has 0 N–H and O–H groups in total. The van der Waals surface area contributed by atoms with E-state index in [2.05, 4.69) is 4.74 Å². The van der Waals surface area contributed by atoms with Crippen molar-refractivity contribution in [3.8, 4) is 0 Å². The van der Waals surface area contributed by atoms with Crippen LogP contribution in [0.4, 0.5) is 0 Å². The van der Waals surface area contributed by atoms with Gasteiger partial charge in [0, 0.05) is 6.08 Å². The first-order chi connectivity index (χ1) is 7.08. The molecule has 88 valence electrons. The molecule has 0 rings (SSSR count). The fourth-order valence-electron chi connectivity index (χ4n) is 0.643. The molecule has 0 spiro atoms. The molecular weight excluding hydrogens is 255 g/mol. The van der Waals surface area contributed by atoms with Gasteiger partial charge >= 0.3 is 5.97 Å². The van der Waals surface area contributed by atoms with Crippen molar-refractivity contribution in [3.63, 3.8) is 0 Å². The summed E-state index contributed by atoms with van der Waals surface area (Å²) >= 11 is 6.43. The van der Waals surface area contributed by atoms with Gasteiger partial charge in [-0.1, -0.05) is 0 Å². The van der Waals surface area contributed by atoms with Gasteiger partial charge in [-0.2, -0.15) is 0 Å². The second-order valence-electron chi connectivity index (χ2n) is 2.21. The Bertz CT molecular complexity index is 257. The van der Waals surface area contributed by atoms with Gasteiger partial charge in [0.05, 0.1) is 20.3 Å². The third kappa shape index (κ3) is 7.09. The van der Waals surface area contributed by atoms with Gasteiger partial charge in [0.15, 0.2) is 0 Å². The van der Waals surface area contributed by atoms with E-state index in [4.69, 9.17) is 20.9 Å². The van der Waals surface area contributed by atoms with Crippen molar-refractivity contribution in [2.45, 2.75) is 13.8 Å². The first-order valence-corrected chi connectivity index (χ1v) is 8.52. The summed E-state index contributed by atoms with van der Waals surface area (Å²) in [6, 6.07) is 0. The Morgan fingerprint density at radius 2 is 1.93 bits per heavy atom. The van der Waals surface area contributed by atoms with Crippen LogP contribution < -0.4 is 0 Å². The van der Waals surface area contributed by atoms with Gasteiger partial charge < -0.3 is 13.8 Å². The summed E-state index contributed by atoms with van der Waals surface area (Å²) in [4.78, 5) is 10.8. The van der Waals surface area contributed by atoms with Crippen LogP contribution in [-0.2, 0) is 30.4 Å². The fraction of sp³-hybridized carbons (Fsp3) is 0.625. The van der Waals surface area contributed by atoms with Crippen LogP contribution in [0.3, 0.4) is 0 Å². The standard InChI is InChI=1S/C8H15O4PS2/c1-4-11-13(14,12-5-2)15-7-6-8(9)10-3/h6-7H,4-5H2,1-3H3. The number of methoxy groups -OCH3 is 1. The molecule has 0 aliphatic rings. The smallest absolute Gasteiger partial charge is 0.331 e. The van der Waals surface area contributed by atoms with Crippen LogP contribution in [0.25, 0.3) is 0 Å². The van der Waals surface area contributed by atoms with Crippen molar-refractivity contribution in [1.82, 2.24) is 0 Å². The van der Waals surface area contributed by atoms with Crippen molar-refractivity contribution >= 4 is 34.9 Å². The number of rotatable bonds is 7.